The molecule has 0 aromatic carbocycles. The zero-order valence-electron chi connectivity index (χ0n) is 11.4. The lowest BCUT2D eigenvalue weighted by atomic mass is 9.88. The second kappa shape index (κ2) is 5.99. The second-order valence-electron chi connectivity index (χ2n) is 5.73. The topological polar surface area (TPSA) is 26.7 Å². The smallest absolute Gasteiger partial charge is 0.0496 e. The van der Waals surface area contributed by atoms with E-state index in [0.717, 1.165) is 26.1 Å². The zero-order chi connectivity index (χ0) is 12.2. The molecule has 0 aliphatic carbocycles. The summed E-state index contributed by atoms with van der Waals surface area (Å²) in [5.74, 6) is 0. The minimum atomic E-state index is 0.0833. The summed E-state index contributed by atoms with van der Waals surface area (Å²) in [6.07, 6.45) is 1.05. The Morgan fingerprint density at radius 3 is 2.12 bits per heavy atom. The molecule has 1 unspecified atom stereocenters. The van der Waals surface area contributed by atoms with Gasteiger partial charge in [-0.2, -0.15) is 0 Å². The van der Waals surface area contributed by atoms with Gasteiger partial charge in [0, 0.05) is 50.8 Å². The van der Waals surface area contributed by atoms with E-state index in [1.807, 2.05) is 0 Å². The predicted octanol–water partition coefficient (Wildman–Crippen LogP) is 1.42. The number of nitrogens with zero attached hydrogens (tertiary/aromatic N) is 2. The summed E-state index contributed by atoms with van der Waals surface area (Å²) >= 11 is 0. The van der Waals surface area contributed by atoms with Gasteiger partial charge in [-0.15, -0.1) is 0 Å². The second-order valence-corrected chi connectivity index (χ2v) is 5.73. The molecule has 3 nitrogen and oxygen atoms in total. The molecule has 0 saturated carbocycles. The third kappa shape index (κ3) is 3.72. The van der Waals surface area contributed by atoms with Crippen molar-refractivity contribution >= 4 is 0 Å². The van der Waals surface area contributed by atoms with Crippen LogP contribution in [-0.4, -0.2) is 60.3 Å². The van der Waals surface area contributed by atoms with Gasteiger partial charge in [0.25, 0.3) is 0 Å². The molecule has 1 heterocycles. The third-order valence-electron chi connectivity index (χ3n) is 3.98. The highest BCUT2D eigenvalue weighted by Gasteiger charge is 2.27. The maximum Gasteiger partial charge on any atom is 0.0496 e. The van der Waals surface area contributed by atoms with Crippen molar-refractivity contribution in [3.8, 4) is 0 Å². The van der Waals surface area contributed by atoms with Gasteiger partial charge in [-0.3, -0.25) is 4.90 Å². The highest BCUT2D eigenvalue weighted by Crippen LogP contribution is 2.22. The average molecular weight is 228 g/mol. The Morgan fingerprint density at radius 1 is 1.19 bits per heavy atom. The van der Waals surface area contributed by atoms with E-state index in [9.17, 15) is 5.11 Å². The molecule has 0 bridgehead atoms. The van der Waals surface area contributed by atoms with Gasteiger partial charge in [-0.25, -0.2) is 0 Å². The fourth-order valence-corrected chi connectivity index (χ4v) is 2.25. The van der Waals surface area contributed by atoms with Crippen molar-refractivity contribution in [2.24, 2.45) is 5.41 Å². The molecule has 1 rings (SSSR count). The summed E-state index contributed by atoms with van der Waals surface area (Å²) in [6.45, 7) is 14.8. The highest BCUT2D eigenvalue weighted by atomic mass is 16.3. The molecule has 96 valence electrons. The number of aliphatic hydroxyl groups excluding tert-OH is 1. The summed E-state index contributed by atoms with van der Waals surface area (Å²) in [4.78, 5) is 5.03. The molecule has 1 fully saturated rings. The Labute approximate surface area is 100 Å². The van der Waals surface area contributed by atoms with Gasteiger partial charge in [0.2, 0.25) is 0 Å². The monoisotopic (exact) mass is 228 g/mol. The van der Waals surface area contributed by atoms with Gasteiger partial charge in [-0.1, -0.05) is 13.8 Å². The Bertz CT molecular complexity index is 194. The molecule has 1 N–H and O–H groups in total. The SMILES string of the molecule is CCC(C)(CO)CN1CCN(C(C)C)CC1. The molecule has 1 atom stereocenters. The van der Waals surface area contributed by atoms with E-state index in [4.69, 9.17) is 0 Å². The van der Waals surface area contributed by atoms with E-state index in [-0.39, 0.29) is 5.41 Å². The van der Waals surface area contributed by atoms with Crippen LogP contribution >= 0.6 is 0 Å². The minimum Gasteiger partial charge on any atom is -0.396 e. The van der Waals surface area contributed by atoms with Crippen molar-refractivity contribution in [3.63, 3.8) is 0 Å². The van der Waals surface area contributed by atoms with E-state index in [0.29, 0.717) is 12.6 Å². The normalized spacial score (nSPS) is 23.6. The van der Waals surface area contributed by atoms with Gasteiger partial charge < -0.3 is 10.0 Å². The van der Waals surface area contributed by atoms with Crippen LogP contribution in [0.25, 0.3) is 0 Å². The molecule has 1 saturated heterocycles. The van der Waals surface area contributed by atoms with E-state index in [2.05, 4.69) is 37.5 Å². The number of rotatable bonds is 5. The fourth-order valence-electron chi connectivity index (χ4n) is 2.25. The minimum absolute atomic E-state index is 0.0833. The van der Waals surface area contributed by atoms with Gasteiger partial charge in [0.1, 0.15) is 0 Å². The Balaban J connectivity index is 2.37. The number of hydrogen-bond acceptors (Lipinski definition) is 3. The molecule has 1 aliphatic heterocycles. The van der Waals surface area contributed by atoms with E-state index >= 15 is 0 Å². The van der Waals surface area contributed by atoms with Crippen LogP contribution in [0, 0.1) is 5.41 Å². The van der Waals surface area contributed by atoms with Crippen molar-refractivity contribution in [1.29, 1.82) is 0 Å². The molecule has 0 aromatic heterocycles. The van der Waals surface area contributed by atoms with Gasteiger partial charge >= 0.3 is 0 Å². The van der Waals surface area contributed by atoms with Crippen molar-refractivity contribution in [2.45, 2.75) is 40.2 Å². The first-order valence-corrected chi connectivity index (χ1v) is 6.58. The molecule has 0 aromatic rings. The maximum atomic E-state index is 9.42. The van der Waals surface area contributed by atoms with Crippen molar-refractivity contribution in [1.82, 2.24) is 9.80 Å². The van der Waals surface area contributed by atoms with Crippen LogP contribution in [0.5, 0.6) is 0 Å². The quantitative estimate of drug-likeness (QED) is 0.771. The lowest BCUT2D eigenvalue weighted by Gasteiger charge is -2.40. The molecular formula is C13H28N2O. The van der Waals surface area contributed by atoms with E-state index in [1.54, 1.807) is 0 Å². The number of piperazine rings is 1. The molecule has 0 radical (unpaired) electrons. The Kier molecular flexibility index (Phi) is 5.22. The lowest BCUT2D eigenvalue weighted by Crippen LogP contribution is -2.51. The highest BCUT2D eigenvalue weighted by molar-refractivity contribution is 4.81. The summed E-state index contributed by atoms with van der Waals surface area (Å²) in [6, 6.07) is 0.664. The first kappa shape index (κ1) is 13.9. The van der Waals surface area contributed by atoms with Crippen LogP contribution in [0.3, 0.4) is 0 Å². The van der Waals surface area contributed by atoms with Crippen molar-refractivity contribution < 1.29 is 5.11 Å². The summed E-state index contributed by atoms with van der Waals surface area (Å²) in [7, 11) is 0. The lowest BCUT2D eigenvalue weighted by molar-refractivity contribution is 0.0462. The zero-order valence-corrected chi connectivity index (χ0v) is 11.4. The third-order valence-corrected chi connectivity index (χ3v) is 3.98. The van der Waals surface area contributed by atoms with Crippen LogP contribution < -0.4 is 0 Å². The number of hydrogen-bond donors (Lipinski definition) is 1. The largest absolute Gasteiger partial charge is 0.396 e. The summed E-state index contributed by atoms with van der Waals surface area (Å²) < 4.78 is 0. The van der Waals surface area contributed by atoms with E-state index < -0.39 is 0 Å². The van der Waals surface area contributed by atoms with Gasteiger partial charge in [0.15, 0.2) is 0 Å². The Morgan fingerprint density at radius 2 is 1.75 bits per heavy atom. The molecule has 3 heteroatoms. The fraction of sp³-hybridized carbons (Fsp3) is 1.00. The average Bonchev–Trinajstić information content (AvgIpc) is 2.29. The van der Waals surface area contributed by atoms with Crippen LogP contribution in [0.2, 0.25) is 0 Å². The van der Waals surface area contributed by atoms with Crippen molar-refractivity contribution in [3.05, 3.63) is 0 Å². The van der Waals surface area contributed by atoms with Crippen LogP contribution in [0.4, 0.5) is 0 Å². The first-order chi connectivity index (χ1) is 7.50. The van der Waals surface area contributed by atoms with Crippen molar-refractivity contribution in [2.75, 3.05) is 39.3 Å². The van der Waals surface area contributed by atoms with Crippen LogP contribution in [-0.2, 0) is 0 Å². The van der Waals surface area contributed by atoms with E-state index in [1.165, 1.54) is 13.1 Å². The summed E-state index contributed by atoms with van der Waals surface area (Å²) in [5, 5.41) is 9.42. The molecule has 0 amide bonds. The molecule has 1 aliphatic rings. The summed E-state index contributed by atoms with van der Waals surface area (Å²) in [5.41, 5.74) is 0.0833. The van der Waals surface area contributed by atoms with Crippen LogP contribution in [0.1, 0.15) is 34.1 Å². The maximum absolute atomic E-state index is 9.42. The van der Waals surface area contributed by atoms with Gasteiger partial charge in [-0.05, 0) is 20.3 Å². The molecule has 0 spiro atoms. The first-order valence-electron chi connectivity index (χ1n) is 6.58. The van der Waals surface area contributed by atoms with Crippen LogP contribution in [0.15, 0.2) is 0 Å². The molecular weight excluding hydrogens is 200 g/mol. The Hall–Kier alpha value is -0.120. The molecule has 16 heavy (non-hydrogen) atoms. The predicted molar refractivity (Wildman–Crippen MR) is 68.6 cm³/mol. The van der Waals surface area contributed by atoms with Gasteiger partial charge in [0.05, 0.1) is 0 Å². The standard InChI is InChI=1S/C13H28N2O/c1-5-13(4,11-16)10-14-6-8-15(9-7-14)12(2)3/h12,16H,5-11H2,1-4H3. The number of aliphatic hydroxyl groups is 1.